The molecule has 0 N–H and O–H groups in total. The fourth-order valence-corrected chi connectivity index (χ4v) is 4.01. The minimum absolute atomic E-state index is 0.317. The van der Waals surface area contributed by atoms with Gasteiger partial charge in [0, 0.05) is 0 Å². The lowest BCUT2D eigenvalue weighted by molar-refractivity contribution is 0.315. The number of anilines is 1. The summed E-state index contributed by atoms with van der Waals surface area (Å²) in [5.74, 6) is 0.614. The van der Waals surface area contributed by atoms with Gasteiger partial charge in [0.2, 0.25) is 0 Å². The highest BCUT2D eigenvalue weighted by Gasteiger charge is 2.30. The molecule has 110 valence electrons. The van der Waals surface area contributed by atoms with Crippen molar-refractivity contribution in [2.24, 2.45) is 0 Å². The number of hydrogen-bond donors (Lipinski definition) is 0. The Morgan fingerprint density at radius 3 is 2.57 bits per heavy atom. The lowest BCUT2D eigenvalue weighted by Gasteiger charge is -2.30. The predicted molar refractivity (Wildman–Crippen MR) is 82.4 cm³/mol. The smallest absolute Gasteiger partial charge is 0.264 e. The second kappa shape index (κ2) is 5.07. The van der Waals surface area contributed by atoms with Crippen molar-refractivity contribution in [3.8, 4) is 5.75 Å². The van der Waals surface area contributed by atoms with Crippen molar-refractivity contribution in [1.29, 1.82) is 0 Å². The van der Waals surface area contributed by atoms with Crippen LogP contribution in [0.4, 0.5) is 5.69 Å². The van der Waals surface area contributed by atoms with Gasteiger partial charge in [-0.25, -0.2) is 8.42 Å². The van der Waals surface area contributed by atoms with Crippen LogP contribution < -0.4 is 9.04 Å². The third-order valence-electron chi connectivity index (χ3n) is 3.51. The Morgan fingerprint density at radius 2 is 1.81 bits per heavy atom. The lowest BCUT2D eigenvalue weighted by atomic mass is 10.2. The van der Waals surface area contributed by atoms with Gasteiger partial charge in [0.15, 0.2) is 0 Å². The standard InChI is InChI=1S/C16H17NO3S/c1-12-4-3-5-14(10-12)21(18,19)17-8-9-20-16-7-6-13(2)11-15(16)17/h3-7,10-11H,8-9H2,1-2H3. The summed E-state index contributed by atoms with van der Waals surface area (Å²) in [4.78, 5) is 0.317. The molecule has 0 radical (unpaired) electrons. The van der Waals surface area contributed by atoms with Gasteiger partial charge in [-0.2, -0.15) is 0 Å². The van der Waals surface area contributed by atoms with E-state index in [1.807, 2.05) is 38.1 Å². The van der Waals surface area contributed by atoms with Crippen molar-refractivity contribution in [1.82, 2.24) is 0 Å². The van der Waals surface area contributed by atoms with Crippen LogP contribution in [0, 0.1) is 13.8 Å². The second-order valence-corrected chi connectivity index (χ2v) is 7.08. The van der Waals surface area contributed by atoms with Crippen molar-refractivity contribution in [2.45, 2.75) is 18.7 Å². The Bertz CT molecular complexity index is 784. The molecule has 4 nitrogen and oxygen atoms in total. The molecule has 21 heavy (non-hydrogen) atoms. The van der Waals surface area contributed by atoms with Gasteiger partial charge >= 0.3 is 0 Å². The van der Waals surface area contributed by atoms with Gasteiger partial charge in [0.1, 0.15) is 12.4 Å². The Labute approximate surface area is 125 Å². The fourth-order valence-electron chi connectivity index (χ4n) is 2.46. The summed E-state index contributed by atoms with van der Waals surface area (Å²) in [6.07, 6.45) is 0. The summed E-state index contributed by atoms with van der Waals surface area (Å²) in [5.41, 5.74) is 2.54. The first-order valence-corrected chi connectivity index (χ1v) is 8.25. The van der Waals surface area contributed by atoms with Crippen LogP contribution in [-0.4, -0.2) is 21.6 Å². The van der Waals surface area contributed by atoms with Crippen LogP contribution in [0.1, 0.15) is 11.1 Å². The maximum Gasteiger partial charge on any atom is 0.264 e. The molecule has 0 fully saturated rings. The predicted octanol–water partition coefficient (Wildman–Crippen LogP) is 2.89. The topological polar surface area (TPSA) is 46.6 Å². The van der Waals surface area contributed by atoms with Crippen molar-refractivity contribution in [3.63, 3.8) is 0 Å². The lowest BCUT2D eigenvalue weighted by Crippen LogP contribution is -2.38. The van der Waals surface area contributed by atoms with E-state index in [1.54, 1.807) is 18.2 Å². The van der Waals surface area contributed by atoms with Crippen LogP contribution in [0.5, 0.6) is 5.75 Å². The average molecular weight is 303 g/mol. The molecule has 0 atom stereocenters. The van der Waals surface area contributed by atoms with Gasteiger partial charge in [0.05, 0.1) is 17.1 Å². The molecular formula is C16H17NO3S. The Balaban J connectivity index is 2.11. The minimum atomic E-state index is -3.56. The number of benzene rings is 2. The van der Waals surface area contributed by atoms with Gasteiger partial charge in [0.25, 0.3) is 10.0 Å². The quantitative estimate of drug-likeness (QED) is 0.857. The van der Waals surface area contributed by atoms with Crippen molar-refractivity contribution in [2.75, 3.05) is 17.5 Å². The number of hydrogen-bond acceptors (Lipinski definition) is 3. The summed E-state index contributed by atoms with van der Waals surface area (Å²) in [6.45, 7) is 4.51. The normalized spacial score (nSPS) is 14.5. The molecule has 0 aliphatic carbocycles. The molecular weight excluding hydrogens is 286 g/mol. The summed E-state index contributed by atoms with van der Waals surface area (Å²) in [7, 11) is -3.56. The molecule has 0 amide bonds. The maximum absolute atomic E-state index is 12.9. The van der Waals surface area contributed by atoms with Crippen LogP contribution in [0.3, 0.4) is 0 Å². The monoisotopic (exact) mass is 303 g/mol. The van der Waals surface area contributed by atoms with Gasteiger partial charge in [-0.05, 0) is 49.2 Å². The zero-order chi connectivity index (χ0) is 15.0. The first-order valence-electron chi connectivity index (χ1n) is 6.81. The van der Waals surface area contributed by atoms with Gasteiger partial charge < -0.3 is 4.74 Å². The van der Waals surface area contributed by atoms with E-state index < -0.39 is 10.0 Å². The summed E-state index contributed by atoms with van der Waals surface area (Å²) in [6, 6.07) is 12.6. The van der Waals surface area contributed by atoms with E-state index in [0.717, 1.165) is 11.1 Å². The molecule has 1 aliphatic heterocycles. The molecule has 5 heteroatoms. The first kappa shape index (κ1) is 13.9. The molecule has 0 saturated carbocycles. The molecule has 0 unspecified atom stereocenters. The molecule has 3 rings (SSSR count). The molecule has 0 spiro atoms. The highest BCUT2D eigenvalue weighted by Crippen LogP contribution is 2.35. The van der Waals surface area contributed by atoms with Crippen LogP contribution in [0.2, 0.25) is 0 Å². The highest BCUT2D eigenvalue weighted by molar-refractivity contribution is 7.92. The largest absolute Gasteiger partial charge is 0.489 e. The molecule has 0 saturated heterocycles. The SMILES string of the molecule is Cc1cccc(S(=O)(=O)N2CCOc3ccc(C)cc32)c1. The fraction of sp³-hybridized carbons (Fsp3) is 0.250. The molecule has 2 aromatic carbocycles. The molecule has 1 aliphatic rings. The van der Waals surface area contributed by atoms with Crippen molar-refractivity contribution in [3.05, 3.63) is 53.6 Å². The van der Waals surface area contributed by atoms with E-state index in [2.05, 4.69) is 0 Å². The van der Waals surface area contributed by atoms with E-state index in [1.165, 1.54) is 4.31 Å². The number of fused-ring (bicyclic) bond motifs is 1. The van der Waals surface area contributed by atoms with E-state index >= 15 is 0 Å². The third kappa shape index (κ3) is 2.49. The Kier molecular flexibility index (Phi) is 3.37. The van der Waals surface area contributed by atoms with E-state index in [9.17, 15) is 8.42 Å². The zero-order valence-electron chi connectivity index (χ0n) is 12.0. The second-order valence-electron chi connectivity index (χ2n) is 5.21. The number of rotatable bonds is 2. The molecule has 0 bridgehead atoms. The van der Waals surface area contributed by atoms with Gasteiger partial charge in [-0.3, -0.25) is 4.31 Å². The first-order chi connectivity index (χ1) is 9.98. The Morgan fingerprint density at radius 1 is 1.05 bits per heavy atom. The molecule has 1 heterocycles. The highest BCUT2D eigenvalue weighted by atomic mass is 32.2. The average Bonchev–Trinajstić information content (AvgIpc) is 2.46. The van der Waals surface area contributed by atoms with Crippen molar-refractivity contribution < 1.29 is 13.2 Å². The van der Waals surface area contributed by atoms with Gasteiger partial charge in [-0.1, -0.05) is 18.2 Å². The summed E-state index contributed by atoms with van der Waals surface area (Å²) >= 11 is 0. The van der Waals surface area contributed by atoms with E-state index in [0.29, 0.717) is 29.5 Å². The van der Waals surface area contributed by atoms with Gasteiger partial charge in [-0.15, -0.1) is 0 Å². The van der Waals surface area contributed by atoms with Crippen LogP contribution in [0.15, 0.2) is 47.4 Å². The Hall–Kier alpha value is -2.01. The molecule has 0 aromatic heterocycles. The summed E-state index contributed by atoms with van der Waals surface area (Å²) < 4.78 is 32.8. The van der Waals surface area contributed by atoms with Crippen LogP contribution in [0.25, 0.3) is 0 Å². The van der Waals surface area contributed by atoms with E-state index in [-0.39, 0.29) is 0 Å². The van der Waals surface area contributed by atoms with Crippen molar-refractivity contribution >= 4 is 15.7 Å². The minimum Gasteiger partial charge on any atom is -0.489 e. The third-order valence-corrected chi connectivity index (χ3v) is 5.32. The number of aryl methyl sites for hydroxylation is 2. The number of nitrogens with zero attached hydrogens (tertiary/aromatic N) is 1. The van der Waals surface area contributed by atoms with E-state index in [4.69, 9.17) is 4.74 Å². The maximum atomic E-state index is 12.9. The number of ether oxygens (including phenoxy) is 1. The molecule has 2 aromatic rings. The number of sulfonamides is 1. The zero-order valence-corrected chi connectivity index (χ0v) is 12.9. The van der Waals surface area contributed by atoms with Crippen LogP contribution >= 0.6 is 0 Å². The van der Waals surface area contributed by atoms with Crippen LogP contribution in [-0.2, 0) is 10.0 Å². The summed E-state index contributed by atoms with van der Waals surface area (Å²) in [5, 5.41) is 0.